The predicted octanol–water partition coefficient (Wildman–Crippen LogP) is 4.05. The fraction of sp³-hybridized carbons (Fsp3) is 0.652. The summed E-state index contributed by atoms with van der Waals surface area (Å²) in [6.45, 7) is 0.493. The number of nitrogen functional groups attached to an aromatic ring is 3. The van der Waals surface area contributed by atoms with Gasteiger partial charge >= 0.3 is 15.6 Å². The van der Waals surface area contributed by atoms with Crippen LogP contribution >= 0.6 is 15.6 Å². The van der Waals surface area contributed by atoms with Gasteiger partial charge in [-0.2, -0.15) is 0 Å². The molecule has 32 heteroatoms. The molecule has 6 aromatic heterocycles. The summed E-state index contributed by atoms with van der Waals surface area (Å²) in [5, 5.41) is 24.6. The lowest BCUT2D eigenvalue weighted by atomic mass is 10.0. The summed E-state index contributed by atoms with van der Waals surface area (Å²) >= 11 is 0. The Morgan fingerprint density at radius 3 is 1.51 bits per heavy atom. The third-order valence-electron chi connectivity index (χ3n) is 14.1. The van der Waals surface area contributed by atoms with Gasteiger partial charge in [0.05, 0.1) is 57.1 Å². The van der Waals surface area contributed by atoms with E-state index in [0.29, 0.717) is 6.42 Å². The highest BCUT2D eigenvalue weighted by atomic mass is 31.2. The summed E-state index contributed by atoms with van der Waals surface area (Å²) in [5.41, 5.74) is 19.4. The van der Waals surface area contributed by atoms with Crippen molar-refractivity contribution in [3.63, 3.8) is 0 Å². The predicted molar refractivity (Wildman–Crippen MR) is 277 cm³/mol. The van der Waals surface area contributed by atoms with Crippen LogP contribution in [0.4, 0.5) is 17.5 Å². The van der Waals surface area contributed by atoms with Gasteiger partial charge in [0.25, 0.3) is 0 Å². The van der Waals surface area contributed by atoms with Gasteiger partial charge in [-0.1, -0.05) is 84.0 Å². The zero-order valence-corrected chi connectivity index (χ0v) is 44.8. The number of fused-ring (bicyclic) bond motifs is 3. The number of aliphatic hydroxyl groups is 2. The van der Waals surface area contributed by atoms with Crippen LogP contribution in [0.1, 0.15) is 128 Å². The molecule has 0 saturated carbocycles. The number of rotatable bonds is 29. The van der Waals surface area contributed by atoms with Crippen LogP contribution in [0.5, 0.6) is 0 Å². The molecule has 3 saturated heterocycles. The second-order valence-corrected chi connectivity index (χ2v) is 22.5. The van der Waals surface area contributed by atoms with Gasteiger partial charge in [-0.3, -0.25) is 36.6 Å². The van der Waals surface area contributed by atoms with Gasteiger partial charge in [0.2, 0.25) is 5.91 Å². The molecular weight excluding hydrogens is 1060 g/mol. The van der Waals surface area contributed by atoms with Crippen molar-refractivity contribution < 1.29 is 66.2 Å². The minimum Gasteiger partial charge on any atom is -0.394 e. The number of carbonyl (C=O) groups excluding carboxylic acids is 1. The number of phosphoric acid groups is 2. The van der Waals surface area contributed by atoms with Crippen molar-refractivity contribution in [3.05, 3.63) is 38.0 Å². The Kier molecular flexibility index (Phi) is 18.9. The number of imidazole rings is 3. The number of aromatic nitrogens is 12. The zero-order chi connectivity index (χ0) is 55.0. The van der Waals surface area contributed by atoms with E-state index in [-0.39, 0.29) is 76.1 Å². The number of aliphatic hydroxyl groups excluding tert-OH is 2. The summed E-state index contributed by atoms with van der Waals surface area (Å²) < 4.78 is 73.0. The van der Waals surface area contributed by atoms with Crippen LogP contribution in [-0.2, 0) is 46.2 Å². The maximum absolute atomic E-state index is 14.1. The number of anilines is 3. The molecule has 12 unspecified atom stereocenters. The Labute approximate surface area is 447 Å². The molecule has 9 rings (SSSR count). The number of carbonyl (C=O) groups is 1. The van der Waals surface area contributed by atoms with Crippen molar-refractivity contribution >= 4 is 72.5 Å². The molecule has 9 heterocycles. The number of phosphoric ester groups is 2. The summed E-state index contributed by atoms with van der Waals surface area (Å²) in [6, 6.07) is -1.16. The first-order valence-electron chi connectivity index (χ1n) is 26.3. The van der Waals surface area contributed by atoms with Crippen molar-refractivity contribution in [2.24, 2.45) is 0 Å². The number of nitrogens with one attached hydrogen (secondary N) is 1. The van der Waals surface area contributed by atoms with E-state index in [1.807, 2.05) is 0 Å². The van der Waals surface area contributed by atoms with E-state index in [1.165, 1.54) is 103 Å². The number of hydrogen-bond acceptors (Lipinski definition) is 24. The van der Waals surface area contributed by atoms with Crippen LogP contribution < -0.4 is 22.5 Å². The first-order valence-corrected chi connectivity index (χ1v) is 29.3. The number of hydrogen-bond donors (Lipinski definition) is 8. The Morgan fingerprint density at radius 1 is 0.615 bits per heavy atom. The van der Waals surface area contributed by atoms with Gasteiger partial charge in [0, 0.05) is 19.3 Å². The highest BCUT2D eigenvalue weighted by Crippen LogP contribution is 2.53. The molecule has 30 nitrogen and oxygen atoms in total. The molecule has 1 amide bonds. The van der Waals surface area contributed by atoms with Crippen molar-refractivity contribution in [2.45, 2.75) is 171 Å². The Balaban J connectivity index is 0.846. The van der Waals surface area contributed by atoms with E-state index < -0.39 is 96.8 Å². The first kappa shape index (κ1) is 57.2. The zero-order valence-electron chi connectivity index (χ0n) is 43.0. The van der Waals surface area contributed by atoms with Gasteiger partial charge in [-0.25, -0.2) is 54.0 Å². The molecule has 0 bridgehead atoms. The maximum atomic E-state index is 14.1. The van der Waals surface area contributed by atoms with Crippen LogP contribution in [0.25, 0.3) is 33.5 Å². The molecular formula is C46H68N16O14P2. The lowest BCUT2D eigenvalue weighted by molar-refractivity contribution is -0.123. The van der Waals surface area contributed by atoms with Gasteiger partial charge < -0.3 is 56.7 Å². The first-order chi connectivity index (χ1) is 37.6. The number of amides is 1. The van der Waals surface area contributed by atoms with Gasteiger partial charge in [0.15, 0.2) is 53.1 Å². The van der Waals surface area contributed by atoms with Crippen molar-refractivity contribution in [3.8, 4) is 0 Å². The largest absolute Gasteiger partial charge is 0.472 e. The molecule has 0 aliphatic carbocycles. The number of nitrogens with two attached hydrogens (primary N) is 3. The second kappa shape index (κ2) is 25.8. The maximum Gasteiger partial charge on any atom is 0.472 e. The molecule has 3 aliphatic rings. The smallest absolute Gasteiger partial charge is 0.394 e. The van der Waals surface area contributed by atoms with E-state index in [1.54, 1.807) is 0 Å². The molecule has 0 spiro atoms. The van der Waals surface area contributed by atoms with Crippen molar-refractivity contribution in [2.75, 3.05) is 37.0 Å². The normalized spacial score (nSPS) is 26.1. The van der Waals surface area contributed by atoms with Crippen LogP contribution in [0.2, 0.25) is 0 Å². The lowest BCUT2D eigenvalue weighted by Gasteiger charge is -2.25. The van der Waals surface area contributed by atoms with Crippen molar-refractivity contribution in [1.29, 1.82) is 0 Å². The van der Waals surface area contributed by atoms with Crippen molar-refractivity contribution in [1.82, 2.24) is 63.9 Å². The molecule has 6 aromatic rings. The quantitative estimate of drug-likeness (QED) is 0.0242. The topological polar surface area (TPSA) is 418 Å². The fourth-order valence-electron chi connectivity index (χ4n) is 10.1. The van der Waals surface area contributed by atoms with E-state index in [0.717, 1.165) is 25.7 Å². The molecule has 11 N–H and O–H groups in total. The summed E-state index contributed by atoms with van der Waals surface area (Å²) in [7, 11) is -10.1. The Morgan fingerprint density at radius 2 is 1.04 bits per heavy atom. The Hall–Kier alpha value is -5.46. The van der Waals surface area contributed by atoms with E-state index >= 15 is 0 Å². The summed E-state index contributed by atoms with van der Waals surface area (Å²) in [5.74, 6) is -0.160. The second-order valence-electron chi connectivity index (χ2n) is 19.7. The number of nitrogens with zero attached hydrogens (tertiary/aromatic N) is 12. The minimum atomic E-state index is -5.14. The van der Waals surface area contributed by atoms with Crippen LogP contribution in [-0.4, -0.2) is 147 Å². The van der Waals surface area contributed by atoms with Crippen LogP contribution in [0.3, 0.4) is 0 Å². The van der Waals surface area contributed by atoms with E-state index in [9.17, 15) is 33.9 Å². The molecule has 12 atom stereocenters. The molecule has 0 radical (unpaired) electrons. The van der Waals surface area contributed by atoms with E-state index in [2.05, 4.69) is 57.1 Å². The standard InChI is InChI=1S/C46H68N16O14P2/c1-2-3-4-5-6-7-8-9-10-11-12-13-14-15-32(64)59-33-31(74-46(37(33)65)62-26-58-36-40(49)52-23-55-43(36)62)20-71-78(68,69)76-30-17-28(73-45(30)61-25-57-35-39(48)51-22-54-42(35)61)19-70-77(66,67)75-29-16-27(18-63)72-44(29)60-24-56-34-38(47)50-21-53-41(34)60/h21-31,33,37,44-46,63,65H,2-20H2,1H3,(H,59,64)(H,66,67)(H,68,69)(H2,47,50,53)(H2,48,51,54)(H2,49,52,55). The van der Waals surface area contributed by atoms with Gasteiger partial charge in [0.1, 0.15) is 59.9 Å². The van der Waals surface area contributed by atoms with Gasteiger partial charge in [-0.15, -0.1) is 0 Å². The highest BCUT2D eigenvalue weighted by molar-refractivity contribution is 7.47. The Bertz CT molecular complexity index is 3060. The highest BCUT2D eigenvalue weighted by Gasteiger charge is 2.49. The molecule has 3 fully saturated rings. The minimum absolute atomic E-state index is 0.0274. The average Bonchev–Trinajstić information content (AvgIpc) is 4.34. The number of ether oxygens (including phenoxy) is 3. The SMILES string of the molecule is CCCCCCCCCCCCCCCC(=O)NC1C(COP(=O)(O)OC2CC(COP(=O)(O)OC3CC(CO)OC3n3cnc4c(N)ncnc43)OC2n2cnc3c(N)ncnc32)OC(n2cnc3c(N)ncnc32)C1O. The van der Waals surface area contributed by atoms with E-state index in [4.69, 9.17) is 49.5 Å². The third-order valence-corrected chi connectivity index (χ3v) is 16.1. The molecule has 3 aliphatic heterocycles. The van der Waals surface area contributed by atoms with Crippen LogP contribution in [0, 0.1) is 0 Å². The van der Waals surface area contributed by atoms with Crippen LogP contribution in [0.15, 0.2) is 38.0 Å². The average molecular weight is 1130 g/mol. The third kappa shape index (κ3) is 13.6. The monoisotopic (exact) mass is 1130 g/mol. The summed E-state index contributed by atoms with van der Waals surface area (Å²) in [4.78, 5) is 73.4. The fourth-order valence-corrected chi connectivity index (χ4v) is 12.0. The molecule has 426 valence electrons. The molecule has 78 heavy (non-hydrogen) atoms. The lowest BCUT2D eigenvalue weighted by Crippen LogP contribution is -2.48. The number of unbranched alkanes of at least 4 members (excludes halogenated alkanes) is 12. The molecule has 0 aromatic carbocycles. The van der Waals surface area contributed by atoms with Gasteiger partial charge in [-0.05, 0) is 6.42 Å². The summed E-state index contributed by atoms with van der Waals surface area (Å²) in [6.07, 6.45) is 11.7.